The first-order chi connectivity index (χ1) is 16.7. The Morgan fingerprint density at radius 1 is 0.914 bits per heavy atom. The van der Waals surface area contributed by atoms with Crippen LogP contribution in [0.4, 0.5) is 19.1 Å². The molecule has 0 spiro atoms. The number of nitrogens with zero attached hydrogens (tertiary/aromatic N) is 8. The van der Waals surface area contributed by atoms with E-state index in [2.05, 4.69) is 34.9 Å². The number of alkyl halides is 3. The van der Waals surface area contributed by atoms with Crippen LogP contribution in [-0.2, 0) is 10.9 Å². The molecule has 4 aromatic heterocycles. The number of morpholine rings is 1. The lowest BCUT2D eigenvalue weighted by Gasteiger charge is -2.33. The third-order valence-corrected chi connectivity index (χ3v) is 5.79. The molecular weight excluding hydrogens is 461 g/mol. The van der Waals surface area contributed by atoms with Crippen LogP contribution in [0.15, 0.2) is 30.7 Å². The molecule has 9 nitrogen and oxygen atoms in total. The van der Waals surface area contributed by atoms with Gasteiger partial charge < -0.3 is 9.64 Å². The lowest BCUT2D eigenvalue weighted by atomic mass is 10.1. The molecule has 0 radical (unpaired) electrons. The summed E-state index contributed by atoms with van der Waals surface area (Å²) in [6, 6.07) is 2.27. The Balaban J connectivity index is 1.57. The van der Waals surface area contributed by atoms with Gasteiger partial charge in [0.15, 0.2) is 5.65 Å². The normalized spacial score (nSPS) is 16.6. The summed E-state index contributed by atoms with van der Waals surface area (Å²) in [5.74, 6) is 1.03. The zero-order chi connectivity index (χ0) is 24.7. The van der Waals surface area contributed by atoms with E-state index in [1.165, 1.54) is 6.07 Å². The number of ether oxygens (including phenoxy) is 1. The number of anilines is 1. The highest BCUT2D eigenvalue weighted by Crippen LogP contribution is 2.32. The number of aromatic nitrogens is 7. The molecule has 1 fully saturated rings. The predicted molar refractivity (Wildman–Crippen MR) is 121 cm³/mol. The first-order valence-electron chi connectivity index (χ1n) is 10.9. The smallest absolute Gasteiger partial charge is 0.370 e. The minimum atomic E-state index is -4.49. The van der Waals surface area contributed by atoms with E-state index in [-0.39, 0.29) is 11.8 Å². The number of fused-ring (bicyclic) bond motifs is 1. The molecule has 35 heavy (non-hydrogen) atoms. The fourth-order valence-corrected chi connectivity index (χ4v) is 3.72. The fourth-order valence-electron chi connectivity index (χ4n) is 3.72. The lowest BCUT2D eigenvalue weighted by Crippen LogP contribution is -2.39. The van der Waals surface area contributed by atoms with E-state index in [1.54, 1.807) is 19.3 Å². The van der Waals surface area contributed by atoms with E-state index in [1.807, 2.05) is 18.7 Å². The summed E-state index contributed by atoms with van der Waals surface area (Å²) < 4.78 is 45.1. The molecule has 0 bridgehead atoms. The maximum Gasteiger partial charge on any atom is 0.417 e. The summed E-state index contributed by atoms with van der Waals surface area (Å²) >= 11 is 0. The van der Waals surface area contributed by atoms with Gasteiger partial charge >= 0.3 is 6.18 Å². The van der Waals surface area contributed by atoms with Crippen molar-refractivity contribution < 1.29 is 17.9 Å². The molecule has 4 aromatic rings. The summed E-state index contributed by atoms with van der Waals surface area (Å²) in [4.78, 5) is 32.9. The number of aryl methyl sites for hydroxylation is 3. The van der Waals surface area contributed by atoms with E-state index in [4.69, 9.17) is 4.74 Å². The number of hydrogen-bond acceptors (Lipinski definition) is 9. The van der Waals surface area contributed by atoms with Crippen LogP contribution in [0.3, 0.4) is 0 Å². The number of hydrogen-bond donors (Lipinski definition) is 0. The number of rotatable bonds is 3. The van der Waals surface area contributed by atoms with Gasteiger partial charge in [0.05, 0.1) is 35.8 Å². The van der Waals surface area contributed by atoms with Crippen molar-refractivity contribution >= 4 is 17.1 Å². The summed E-state index contributed by atoms with van der Waals surface area (Å²) in [6.07, 6.45) is -0.526. The minimum absolute atomic E-state index is 0.251. The average Bonchev–Trinajstić information content (AvgIpc) is 2.84. The van der Waals surface area contributed by atoms with E-state index in [9.17, 15) is 13.2 Å². The van der Waals surface area contributed by atoms with Gasteiger partial charge in [0.25, 0.3) is 0 Å². The van der Waals surface area contributed by atoms with Crippen molar-refractivity contribution in [1.29, 1.82) is 0 Å². The Morgan fingerprint density at radius 3 is 2.34 bits per heavy atom. The zero-order valence-electron chi connectivity index (χ0n) is 19.2. The van der Waals surface area contributed by atoms with Crippen LogP contribution in [0.25, 0.3) is 22.6 Å². The van der Waals surface area contributed by atoms with Crippen LogP contribution < -0.4 is 4.90 Å². The van der Waals surface area contributed by atoms with Crippen LogP contribution in [0.2, 0.25) is 0 Å². The second-order valence-electron chi connectivity index (χ2n) is 8.24. The molecule has 0 aliphatic carbocycles. The van der Waals surface area contributed by atoms with Gasteiger partial charge in [-0.05, 0) is 32.9 Å². The first-order valence-corrected chi connectivity index (χ1v) is 10.9. The monoisotopic (exact) mass is 482 g/mol. The highest BCUT2D eigenvalue weighted by atomic mass is 19.4. The molecule has 5 heterocycles. The van der Waals surface area contributed by atoms with Crippen molar-refractivity contribution in [1.82, 2.24) is 34.9 Å². The van der Waals surface area contributed by atoms with Crippen LogP contribution in [-0.4, -0.2) is 54.6 Å². The third kappa shape index (κ3) is 4.61. The molecule has 180 valence electrons. The highest BCUT2D eigenvalue weighted by molar-refractivity contribution is 5.86. The van der Waals surface area contributed by atoms with Gasteiger partial charge in [0, 0.05) is 30.7 Å². The Bertz CT molecular complexity index is 1380. The highest BCUT2D eigenvalue weighted by Gasteiger charge is 2.31. The van der Waals surface area contributed by atoms with Crippen molar-refractivity contribution in [3.8, 4) is 11.4 Å². The van der Waals surface area contributed by atoms with Gasteiger partial charge in [-0.1, -0.05) is 0 Å². The van der Waals surface area contributed by atoms with Gasteiger partial charge in [0.2, 0.25) is 5.95 Å². The lowest BCUT2D eigenvalue weighted by molar-refractivity contribution is -0.137. The first kappa shape index (κ1) is 23.0. The second kappa shape index (κ2) is 8.77. The third-order valence-electron chi connectivity index (χ3n) is 5.79. The summed E-state index contributed by atoms with van der Waals surface area (Å²) in [5.41, 5.74) is 2.65. The molecule has 1 aliphatic rings. The molecule has 0 saturated carbocycles. The van der Waals surface area contributed by atoms with Crippen molar-refractivity contribution in [2.24, 2.45) is 0 Å². The number of pyridine rings is 1. The Hall–Kier alpha value is -3.80. The van der Waals surface area contributed by atoms with E-state index in [0.29, 0.717) is 59.7 Å². The van der Waals surface area contributed by atoms with Gasteiger partial charge in [0.1, 0.15) is 23.1 Å². The van der Waals surface area contributed by atoms with Crippen molar-refractivity contribution in [3.63, 3.8) is 0 Å². The van der Waals surface area contributed by atoms with Gasteiger partial charge in [-0.3, -0.25) is 4.98 Å². The van der Waals surface area contributed by atoms with Gasteiger partial charge in [-0.2, -0.15) is 18.2 Å². The Labute approximate surface area is 198 Å². The fraction of sp³-hybridized carbons (Fsp3) is 0.348. The van der Waals surface area contributed by atoms with Crippen LogP contribution in [0.1, 0.15) is 34.4 Å². The molecule has 1 aliphatic heterocycles. The van der Waals surface area contributed by atoms with Gasteiger partial charge in [-0.15, -0.1) is 0 Å². The summed E-state index contributed by atoms with van der Waals surface area (Å²) in [6.45, 7) is 6.81. The van der Waals surface area contributed by atoms with Crippen LogP contribution in [0, 0.1) is 20.8 Å². The Kier molecular flexibility index (Phi) is 5.75. The molecule has 12 heteroatoms. The quantitative estimate of drug-likeness (QED) is 0.431. The molecule has 0 amide bonds. The zero-order valence-corrected chi connectivity index (χ0v) is 19.2. The average molecular weight is 482 g/mol. The van der Waals surface area contributed by atoms with E-state index in [0.717, 1.165) is 17.8 Å². The topological polar surface area (TPSA) is 103 Å². The maximum absolute atomic E-state index is 13.1. The standard InChI is InChI=1S/C23H21F3N8O/c1-12-13(2)31-21-20(30-12)19(17-5-4-16(10-29-17)23(24,25)26)32-22(33-21)34-6-7-35-18(11-34)15-8-27-14(3)28-9-15/h4-5,8-10,18H,6-7,11H2,1-3H3/t18-/m0/s1. The van der Waals surface area contributed by atoms with Crippen molar-refractivity contribution in [2.45, 2.75) is 33.1 Å². The summed E-state index contributed by atoms with van der Waals surface area (Å²) in [5, 5.41) is 0. The molecule has 1 saturated heterocycles. The SMILES string of the molecule is Cc1ncc([C@@H]2CN(c3nc(-c4ccc(C(F)(F)F)cn4)c4nc(C)c(C)nc4n3)CCO2)cn1. The van der Waals surface area contributed by atoms with E-state index < -0.39 is 11.7 Å². The largest absolute Gasteiger partial charge is 0.417 e. The molecule has 0 unspecified atom stereocenters. The van der Waals surface area contributed by atoms with Crippen molar-refractivity contribution in [2.75, 3.05) is 24.6 Å². The molecule has 0 aromatic carbocycles. The second-order valence-corrected chi connectivity index (χ2v) is 8.24. The Morgan fingerprint density at radius 2 is 1.66 bits per heavy atom. The van der Waals surface area contributed by atoms with E-state index >= 15 is 0 Å². The molecule has 1 atom stereocenters. The molecular formula is C23H21F3N8O. The van der Waals surface area contributed by atoms with Crippen LogP contribution in [0.5, 0.6) is 0 Å². The number of halogens is 3. The minimum Gasteiger partial charge on any atom is -0.370 e. The molecule has 5 rings (SSSR count). The van der Waals surface area contributed by atoms with Gasteiger partial charge in [-0.25, -0.2) is 24.9 Å². The molecule has 0 N–H and O–H groups in total. The maximum atomic E-state index is 13.1. The summed E-state index contributed by atoms with van der Waals surface area (Å²) in [7, 11) is 0. The van der Waals surface area contributed by atoms with Crippen LogP contribution >= 0.6 is 0 Å². The predicted octanol–water partition coefficient (Wildman–Crippen LogP) is 3.79. The van der Waals surface area contributed by atoms with Crippen molar-refractivity contribution in [3.05, 3.63) is 59.1 Å².